The summed E-state index contributed by atoms with van der Waals surface area (Å²) in [4.78, 5) is 7.37. The molecule has 156 valence electrons. The van der Waals surface area contributed by atoms with Gasteiger partial charge in [-0.15, -0.1) is 24.0 Å². The van der Waals surface area contributed by atoms with Gasteiger partial charge in [0, 0.05) is 31.1 Å². The number of ether oxygens (including phenoxy) is 1. The number of benzene rings is 1. The molecular weight excluding hydrogens is 470 g/mol. The maximum Gasteiger partial charge on any atom is 0.191 e. The molecule has 1 aliphatic carbocycles. The number of halogens is 2. The fourth-order valence-electron chi connectivity index (χ4n) is 4.30. The number of hydrogen-bond acceptors (Lipinski definition) is 3. The van der Waals surface area contributed by atoms with Crippen LogP contribution in [0, 0.1) is 5.82 Å². The second kappa shape index (κ2) is 9.71. The van der Waals surface area contributed by atoms with Crippen molar-refractivity contribution in [2.75, 3.05) is 39.3 Å². The molecule has 4 rings (SSSR count). The highest BCUT2D eigenvalue weighted by Gasteiger charge is 2.44. The third-order valence-electron chi connectivity index (χ3n) is 6.13. The van der Waals surface area contributed by atoms with Crippen molar-refractivity contribution in [1.29, 1.82) is 0 Å². The molecule has 2 atom stereocenters. The highest BCUT2D eigenvalue weighted by atomic mass is 127. The first kappa shape index (κ1) is 21.8. The molecule has 5 nitrogen and oxygen atoms in total. The van der Waals surface area contributed by atoms with Crippen molar-refractivity contribution in [3.63, 3.8) is 0 Å². The Balaban J connectivity index is 0.00000225. The fraction of sp³-hybridized carbons (Fsp3) is 0.667. The highest BCUT2D eigenvalue weighted by molar-refractivity contribution is 14.0. The van der Waals surface area contributed by atoms with E-state index in [2.05, 4.69) is 22.5 Å². The topological polar surface area (TPSA) is 48.9 Å². The van der Waals surface area contributed by atoms with E-state index in [0.717, 1.165) is 50.6 Å². The van der Waals surface area contributed by atoms with E-state index in [4.69, 9.17) is 9.73 Å². The van der Waals surface area contributed by atoms with Gasteiger partial charge in [0.15, 0.2) is 5.96 Å². The molecule has 3 fully saturated rings. The molecule has 2 aliphatic heterocycles. The van der Waals surface area contributed by atoms with Crippen LogP contribution in [0.1, 0.15) is 38.2 Å². The molecule has 3 aliphatic rings. The van der Waals surface area contributed by atoms with Crippen molar-refractivity contribution in [2.45, 2.75) is 50.2 Å². The minimum atomic E-state index is -0.164. The van der Waals surface area contributed by atoms with Crippen LogP contribution in [-0.2, 0) is 10.2 Å². The van der Waals surface area contributed by atoms with Crippen molar-refractivity contribution < 1.29 is 9.13 Å². The summed E-state index contributed by atoms with van der Waals surface area (Å²) in [6.45, 7) is 7.40. The monoisotopic (exact) mass is 502 g/mol. The van der Waals surface area contributed by atoms with Crippen molar-refractivity contribution in [1.82, 2.24) is 15.5 Å². The Hall–Kier alpha value is -0.930. The molecule has 7 heteroatoms. The molecule has 0 aromatic heterocycles. The van der Waals surface area contributed by atoms with E-state index in [-0.39, 0.29) is 41.3 Å². The number of fused-ring (bicyclic) bond motifs is 1. The van der Waals surface area contributed by atoms with Crippen LogP contribution in [0.4, 0.5) is 4.39 Å². The SMILES string of the molecule is CCNC(=NCC1(c2cccc(F)c2)CC1)NCC1CN2CCCC2CO1.I. The molecule has 2 saturated heterocycles. The van der Waals surface area contributed by atoms with E-state index in [1.54, 1.807) is 12.1 Å². The minimum absolute atomic E-state index is 0. The lowest BCUT2D eigenvalue weighted by Crippen LogP contribution is -2.51. The van der Waals surface area contributed by atoms with Crippen LogP contribution in [0.15, 0.2) is 29.3 Å². The summed E-state index contributed by atoms with van der Waals surface area (Å²) >= 11 is 0. The van der Waals surface area contributed by atoms with Gasteiger partial charge in [-0.05, 0) is 56.8 Å². The first-order chi connectivity index (χ1) is 13.2. The van der Waals surface area contributed by atoms with Crippen molar-refractivity contribution >= 4 is 29.9 Å². The minimum Gasteiger partial charge on any atom is -0.373 e. The zero-order chi connectivity index (χ0) is 18.7. The zero-order valence-electron chi connectivity index (χ0n) is 16.6. The number of nitrogens with one attached hydrogen (secondary N) is 2. The smallest absolute Gasteiger partial charge is 0.191 e. The molecule has 0 radical (unpaired) electrons. The number of morpholine rings is 1. The largest absolute Gasteiger partial charge is 0.373 e. The van der Waals surface area contributed by atoms with Crippen molar-refractivity contribution in [3.8, 4) is 0 Å². The number of rotatable bonds is 6. The molecule has 2 N–H and O–H groups in total. The molecule has 2 unspecified atom stereocenters. The first-order valence-electron chi connectivity index (χ1n) is 10.3. The molecule has 0 bridgehead atoms. The lowest BCUT2D eigenvalue weighted by atomic mass is 9.96. The van der Waals surface area contributed by atoms with Crippen molar-refractivity contribution in [3.05, 3.63) is 35.6 Å². The molecule has 0 spiro atoms. The Bertz CT molecular complexity index is 682. The first-order valence-corrected chi connectivity index (χ1v) is 10.3. The normalized spacial score (nSPS) is 26.3. The molecule has 1 saturated carbocycles. The van der Waals surface area contributed by atoms with E-state index in [1.165, 1.54) is 25.5 Å². The summed E-state index contributed by atoms with van der Waals surface area (Å²) < 4.78 is 19.6. The standard InChI is InChI=1S/C21H31FN4O.HI/c1-2-23-20(24-12-19-13-26-10-4-7-18(26)14-27-19)25-15-21(8-9-21)16-5-3-6-17(22)11-16;/h3,5-6,11,18-19H,2,4,7-10,12-15H2,1H3,(H2,23,24,25);1H. The number of nitrogens with zero attached hydrogens (tertiary/aromatic N) is 2. The predicted molar refractivity (Wildman–Crippen MR) is 121 cm³/mol. The van der Waals surface area contributed by atoms with Gasteiger partial charge in [-0.2, -0.15) is 0 Å². The van der Waals surface area contributed by atoms with Crippen LogP contribution in [0.25, 0.3) is 0 Å². The molecule has 1 aromatic carbocycles. The lowest BCUT2D eigenvalue weighted by Gasteiger charge is -2.35. The van der Waals surface area contributed by atoms with Crippen LogP contribution >= 0.6 is 24.0 Å². The van der Waals surface area contributed by atoms with Crippen molar-refractivity contribution in [2.24, 2.45) is 4.99 Å². The van der Waals surface area contributed by atoms with E-state index in [9.17, 15) is 4.39 Å². The summed E-state index contributed by atoms with van der Waals surface area (Å²) in [7, 11) is 0. The van der Waals surface area contributed by atoms with Crippen LogP contribution < -0.4 is 10.6 Å². The highest BCUT2D eigenvalue weighted by Crippen LogP contribution is 2.48. The van der Waals surface area contributed by atoms with E-state index in [1.807, 2.05) is 6.07 Å². The fourth-order valence-corrected chi connectivity index (χ4v) is 4.30. The van der Waals surface area contributed by atoms with Gasteiger partial charge in [-0.3, -0.25) is 9.89 Å². The maximum atomic E-state index is 13.6. The van der Waals surface area contributed by atoms with Gasteiger partial charge >= 0.3 is 0 Å². The third kappa shape index (κ3) is 5.16. The van der Waals surface area contributed by atoms with E-state index >= 15 is 0 Å². The zero-order valence-corrected chi connectivity index (χ0v) is 19.0. The number of hydrogen-bond donors (Lipinski definition) is 2. The van der Waals surface area contributed by atoms with Gasteiger partial charge in [-0.1, -0.05) is 12.1 Å². The average molecular weight is 502 g/mol. The Kier molecular flexibility index (Phi) is 7.55. The Labute approximate surface area is 184 Å². The summed E-state index contributed by atoms with van der Waals surface area (Å²) in [6, 6.07) is 7.61. The predicted octanol–water partition coefficient (Wildman–Crippen LogP) is 2.89. The summed E-state index contributed by atoms with van der Waals surface area (Å²) in [5, 5.41) is 6.77. The van der Waals surface area contributed by atoms with E-state index < -0.39 is 0 Å². The molecule has 0 amide bonds. The van der Waals surface area contributed by atoms with Crippen LogP contribution in [0.3, 0.4) is 0 Å². The van der Waals surface area contributed by atoms with Gasteiger partial charge < -0.3 is 15.4 Å². The Morgan fingerprint density at radius 2 is 2.21 bits per heavy atom. The van der Waals surface area contributed by atoms with E-state index in [0.29, 0.717) is 12.6 Å². The maximum absolute atomic E-state index is 13.6. The average Bonchev–Trinajstić information content (AvgIpc) is 3.33. The summed E-state index contributed by atoms with van der Waals surface area (Å²) in [5.41, 5.74) is 1.08. The molecule has 28 heavy (non-hydrogen) atoms. The Morgan fingerprint density at radius 3 is 2.96 bits per heavy atom. The molecule has 2 heterocycles. The summed E-state index contributed by atoms with van der Waals surface area (Å²) in [6.07, 6.45) is 4.91. The third-order valence-corrected chi connectivity index (χ3v) is 6.13. The second-order valence-electron chi connectivity index (χ2n) is 8.11. The Morgan fingerprint density at radius 1 is 1.36 bits per heavy atom. The second-order valence-corrected chi connectivity index (χ2v) is 8.11. The summed E-state index contributed by atoms with van der Waals surface area (Å²) in [5.74, 6) is 0.662. The molecular formula is C21H32FIN4O. The van der Waals surface area contributed by atoms with Gasteiger partial charge in [0.05, 0.1) is 19.3 Å². The molecule has 1 aromatic rings. The lowest BCUT2D eigenvalue weighted by molar-refractivity contribution is -0.0453. The number of guanidine groups is 1. The van der Waals surface area contributed by atoms with Crippen LogP contribution in [-0.4, -0.2) is 62.3 Å². The van der Waals surface area contributed by atoms with Gasteiger partial charge in [-0.25, -0.2) is 4.39 Å². The number of aliphatic imine (C=N–C) groups is 1. The quantitative estimate of drug-likeness (QED) is 0.357. The van der Waals surface area contributed by atoms with Gasteiger partial charge in [0.2, 0.25) is 0 Å². The van der Waals surface area contributed by atoms with Gasteiger partial charge in [0.1, 0.15) is 5.82 Å². The van der Waals surface area contributed by atoms with Gasteiger partial charge in [0.25, 0.3) is 0 Å². The van der Waals surface area contributed by atoms with Crippen LogP contribution in [0.2, 0.25) is 0 Å². The van der Waals surface area contributed by atoms with Crippen LogP contribution in [0.5, 0.6) is 0 Å².